The van der Waals surface area contributed by atoms with Crippen molar-refractivity contribution in [3.8, 4) is 5.75 Å². The Hall–Kier alpha value is -4.23. The molecule has 4 aromatic rings. The zero-order chi connectivity index (χ0) is 24.9. The second kappa shape index (κ2) is 10.6. The molecule has 0 radical (unpaired) electrons. The molecule has 0 saturated heterocycles. The Morgan fingerprint density at radius 2 is 1.67 bits per heavy atom. The molecule has 0 fully saturated rings. The van der Waals surface area contributed by atoms with Gasteiger partial charge in [0.1, 0.15) is 5.75 Å². The van der Waals surface area contributed by atoms with E-state index in [1.807, 2.05) is 48.5 Å². The van der Waals surface area contributed by atoms with Gasteiger partial charge in [-0.2, -0.15) is 10.2 Å². The van der Waals surface area contributed by atoms with Crippen LogP contribution in [0, 0.1) is 0 Å². The van der Waals surface area contributed by atoms with Gasteiger partial charge in [-0.05, 0) is 47.0 Å². The highest BCUT2D eigenvalue weighted by Gasteiger charge is 2.29. The Bertz CT molecular complexity index is 1420. The lowest BCUT2D eigenvalue weighted by Gasteiger charge is -2.24. The molecule has 0 aliphatic carbocycles. The van der Waals surface area contributed by atoms with Crippen LogP contribution in [0.15, 0.2) is 118 Å². The molecular formula is C29H23BrN4O2. The van der Waals surface area contributed by atoms with E-state index in [4.69, 9.17) is 5.10 Å². The predicted molar refractivity (Wildman–Crippen MR) is 147 cm³/mol. The number of benzene rings is 4. The molecule has 6 nitrogen and oxygen atoms in total. The monoisotopic (exact) mass is 538 g/mol. The normalized spacial score (nSPS) is 15.2. The molecular weight excluding hydrogens is 516 g/mol. The van der Waals surface area contributed by atoms with Gasteiger partial charge in [-0.15, -0.1) is 0 Å². The van der Waals surface area contributed by atoms with E-state index in [0.29, 0.717) is 4.47 Å². The number of phenols is 1. The van der Waals surface area contributed by atoms with Gasteiger partial charge in [-0.25, -0.2) is 5.43 Å². The Labute approximate surface area is 217 Å². The highest BCUT2D eigenvalue weighted by molar-refractivity contribution is 9.10. The van der Waals surface area contributed by atoms with Gasteiger partial charge in [0.15, 0.2) is 0 Å². The van der Waals surface area contributed by atoms with Crippen LogP contribution in [-0.2, 0) is 0 Å². The summed E-state index contributed by atoms with van der Waals surface area (Å²) in [5.74, 6) is -0.600. The maximum absolute atomic E-state index is 12.3. The first-order chi connectivity index (χ1) is 17.6. The minimum absolute atomic E-state index is 0.0954. The van der Waals surface area contributed by atoms with Crippen LogP contribution in [0.2, 0.25) is 0 Å². The summed E-state index contributed by atoms with van der Waals surface area (Å²) in [6.45, 7) is 0. The minimum atomic E-state index is -0.493. The lowest BCUT2D eigenvalue weighted by atomic mass is 9.98. The van der Waals surface area contributed by atoms with Crippen LogP contribution in [0.5, 0.6) is 5.75 Å². The molecule has 178 valence electrons. The van der Waals surface area contributed by atoms with Crippen molar-refractivity contribution in [2.45, 2.75) is 12.5 Å². The first kappa shape index (κ1) is 23.5. The van der Waals surface area contributed by atoms with Crippen LogP contribution in [0.3, 0.4) is 0 Å². The quantitative estimate of drug-likeness (QED) is 0.224. The van der Waals surface area contributed by atoms with E-state index in [1.54, 1.807) is 18.3 Å². The van der Waals surface area contributed by atoms with Gasteiger partial charge in [0.2, 0.25) is 0 Å². The van der Waals surface area contributed by atoms with Gasteiger partial charge in [0, 0.05) is 10.9 Å². The fraction of sp³-hybridized carbons (Fsp3) is 0.0690. The van der Waals surface area contributed by atoms with Crippen molar-refractivity contribution in [3.63, 3.8) is 0 Å². The van der Waals surface area contributed by atoms with Crippen molar-refractivity contribution in [3.05, 3.63) is 130 Å². The highest BCUT2D eigenvalue weighted by atomic mass is 79.9. The summed E-state index contributed by atoms with van der Waals surface area (Å²) in [7, 11) is 0. The number of rotatable bonds is 6. The molecule has 5 rings (SSSR count). The molecule has 7 heteroatoms. The average molecular weight is 539 g/mol. The number of hydrogen-bond donors (Lipinski definition) is 2. The molecule has 0 saturated carbocycles. The Balaban J connectivity index is 1.34. The van der Waals surface area contributed by atoms with Gasteiger partial charge >= 0.3 is 0 Å². The molecule has 2 N–H and O–H groups in total. The maximum atomic E-state index is 12.3. The van der Waals surface area contributed by atoms with E-state index in [9.17, 15) is 9.90 Å². The molecule has 0 bridgehead atoms. The second-order valence-electron chi connectivity index (χ2n) is 8.34. The van der Waals surface area contributed by atoms with Crippen molar-refractivity contribution in [2.24, 2.45) is 10.2 Å². The first-order valence-electron chi connectivity index (χ1n) is 11.5. The minimum Gasteiger partial charge on any atom is -0.507 e. The van der Waals surface area contributed by atoms with Crippen LogP contribution >= 0.6 is 15.9 Å². The number of hydrogen-bond acceptors (Lipinski definition) is 5. The number of nitrogens with one attached hydrogen (secondary N) is 1. The van der Waals surface area contributed by atoms with E-state index in [0.717, 1.165) is 28.9 Å². The average Bonchev–Trinajstić information content (AvgIpc) is 3.37. The lowest BCUT2D eigenvalue weighted by molar-refractivity contribution is 0.0952. The van der Waals surface area contributed by atoms with E-state index >= 15 is 0 Å². The maximum Gasteiger partial charge on any atom is 0.275 e. The summed E-state index contributed by atoms with van der Waals surface area (Å²) < 4.78 is 0.693. The van der Waals surface area contributed by atoms with E-state index in [2.05, 4.69) is 67.9 Å². The molecule has 1 heterocycles. The topological polar surface area (TPSA) is 77.3 Å². The SMILES string of the molecule is O=C(N/N=C/c1ccc(N2N=C(c3ccccc3)CC2c2ccccc2)cc1)c1cc(Br)ccc1O. The fourth-order valence-electron chi connectivity index (χ4n) is 4.12. The summed E-state index contributed by atoms with van der Waals surface area (Å²) >= 11 is 3.30. The number of halogens is 1. The second-order valence-corrected chi connectivity index (χ2v) is 9.26. The number of hydrazone groups is 2. The third-order valence-electron chi connectivity index (χ3n) is 5.94. The van der Waals surface area contributed by atoms with E-state index < -0.39 is 5.91 Å². The summed E-state index contributed by atoms with van der Waals surface area (Å²) in [5.41, 5.74) is 7.76. The van der Waals surface area contributed by atoms with Crippen molar-refractivity contribution in [1.29, 1.82) is 0 Å². The van der Waals surface area contributed by atoms with E-state index in [-0.39, 0.29) is 17.4 Å². The molecule has 4 aromatic carbocycles. The molecule has 0 aromatic heterocycles. The number of carbonyl (C=O) groups is 1. The number of amides is 1. The molecule has 1 aliphatic heterocycles. The Kier molecular flexibility index (Phi) is 6.91. The third kappa shape index (κ3) is 5.21. The summed E-state index contributed by atoms with van der Waals surface area (Å²) in [6, 6.07) is 33.2. The number of carbonyl (C=O) groups excluding carboxylic acids is 1. The van der Waals surface area contributed by atoms with Gasteiger partial charge in [0.05, 0.1) is 29.2 Å². The van der Waals surface area contributed by atoms with Gasteiger partial charge in [-0.1, -0.05) is 88.7 Å². The van der Waals surface area contributed by atoms with Crippen molar-refractivity contribution in [1.82, 2.24) is 5.43 Å². The van der Waals surface area contributed by atoms with E-state index in [1.165, 1.54) is 11.6 Å². The molecule has 36 heavy (non-hydrogen) atoms. The number of phenolic OH excluding ortho intramolecular Hbond substituents is 1. The summed E-state index contributed by atoms with van der Waals surface area (Å²) in [4.78, 5) is 12.3. The first-order valence-corrected chi connectivity index (χ1v) is 12.3. The number of anilines is 1. The molecule has 1 unspecified atom stereocenters. The van der Waals surface area contributed by atoms with Crippen molar-refractivity contribution in [2.75, 3.05) is 5.01 Å². The molecule has 1 atom stereocenters. The molecule has 1 aliphatic rings. The van der Waals surface area contributed by atoms with Crippen LogP contribution in [-0.4, -0.2) is 22.9 Å². The summed E-state index contributed by atoms with van der Waals surface area (Å²) in [6.07, 6.45) is 2.37. The fourth-order valence-corrected chi connectivity index (χ4v) is 4.48. The van der Waals surface area contributed by atoms with Crippen LogP contribution in [0.4, 0.5) is 5.69 Å². The largest absolute Gasteiger partial charge is 0.507 e. The smallest absolute Gasteiger partial charge is 0.275 e. The van der Waals surface area contributed by atoms with Crippen molar-refractivity contribution < 1.29 is 9.90 Å². The van der Waals surface area contributed by atoms with Crippen LogP contribution in [0.25, 0.3) is 0 Å². The highest BCUT2D eigenvalue weighted by Crippen LogP contribution is 2.36. The van der Waals surface area contributed by atoms with Crippen LogP contribution < -0.4 is 10.4 Å². The van der Waals surface area contributed by atoms with Gasteiger partial charge in [-0.3, -0.25) is 9.80 Å². The number of aromatic hydroxyl groups is 1. The third-order valence-corrected chi connectivity index (χ3v) is 6.44. The molecule has 1 amide bonds. The lowest BCUT2D eigenvalue weighted by Crippen LogP contribution is -2.18. The number of nitrogens with zero attached hydrogens (tertiary/aromatic N) is 3. The zero-order valence-corrected chi connectivity index (χ0v) is 20.8. The molecule has 0 spiro atoms. The summed E-state index contributed by atoms with van der Waals surface area (Å²) in [5, 5.41) is 21.0. The van der Waals surface area contributed by atoms with Crippen molar-refractivity contribution >= 4 is 39.5 Å². The van der Waals surface area contributed by atoms with Gasteiger partial charge < -0.3 is 5.11 Å². The Morgan fingerprint density at radius 3 is 2.39 bits per heavy atom. The Morgan fingerprint density at radius 1 is 0.972 bits per heavy atom. The standard InChI is InChI=1S/C29H23BrN4O2/c30-23-13-16-28(35)25(17-23)29(36)32-31-19-20-11-14-24(15-12-20)34-27(22-9-5-2-6-10-22)18-26(33-34)21-7-3-1-4-8-21/h1-17,19,27,35H,18H2,(H,32,36)/b31-19+. The zero-order valence-electron chi connectivity index (χ0n) is 19.3. The van der Waals surface area contributed by atoms with Crippen LogP contribution in [0.1, 0.15) is 39.5 Å². The van der Waals surface area contributed by atoms with Gasteiger partial charge in [0.25, 0.3) is 5.91 Å². The predicted octanol–water partition coefficient (Wildman–Crippen LogP) is 6.27.